The molecule has 2 aromatic carbocycles. The number of nitrogens with zero attached hydrogens (tertiary/aromatic N) is 2. The number of ether oxygens (including phenoxy) is 5. The smallest absolute Gasteiger partial charge is 0.279 e. The minimum absolute atomic E-state index is 0.154. The summed E-state index contributed by atoms with van der Waals surface area (Å²) in [5.74, 6) is 2.05. The van der Waals surface area contributed by atoms with Crippen molar-refractivity contribution in [3.05, 3.63) is 40.7 Å². The van der Waals surface area contributed by atoms with E-state index in [2.05, 4.69) is 4.99 Å². The molecule has 4 rings (SSSR count). The van der Waals surface area contributed by atoms with Crippen molar-refractivity contribution >= 4 is 27.5 Å². The summed E-state index contributed by atoms with van der Waals surface area (Å²) in [5.41, 5.74) is 1.33. The van der Waals surface area contributed by atoms with Gasteiger partial charge in [-0.1, -0.05) is 11.3 Å². The lowest BCUT2D eigenvalue weighted by Crippen LogP contribution is -2.19. The molecule has 2 heterocycles. The topological polar surface area (TPSA) is 80.5 Å². The number of thiazole rings is 1. The van der Waals surface area contributed by atoms with E-state index in [9.17, 15) is 4.79 Å². The largest absolute Gasteiger partial charge is 0.493 e. The Morgan fingerprint density at radius 1 is 1.13 bits per heavy atom. The zero-order valence-corrected chi connectivity index (χ0v) is 17.8. The van der Waals surface area contributed by atoms with Crippen LogP contribution in [0.3, 0.4) is 0 Å². The van der Waals surface area contributed by atoms with Crippen molar-refractivity contribution in [2.45, 2.75) is 13.5 Å². The van der Waals surface area contributed by atoms with Gasteiger partial charge >= 0.3 is 0 Å². The molecule has 0 atom stereocenters. The summed E-state index contributed by atoms with van der Waals surface area (Å²) in [6.45, 7) is 3.77. The molecule has 3 aromatic rings. The van der Waals surface area contributed by atoms with E-state index in [0.717, 1.165) is 10.2 Å². The Hall–Kier alpha value is -3.04. The second kappa shape index (κ2) is 8.76. The van der Waals surface area contributed by atoms with Crippen LogP contribution in [0, 0.1) is 0 Å². The number of fused-ring (bicyclic) bond motifs is 2. The Morgan fingerprint density at radius 2 is 1.90 bits per heavy atom. The highest BCUT2D eigenvalue weighted by atomic mass is 32.1. The van der Waals surface area contributed by atoms with Gasteiger partial charge in [0, 0.05) is 30.8 Å². The highest BCUT2D eigenvalue weighted by molar-refractivity contribution is 7.16. The van der Waals surface area contributed by atoms with Gasteiger partial charge in [0.15, 0.2) is 27.8 Å². The predicted octanol–water partition coefficient (Wildman–Crippen LogP) is 3.23. The number of aromatic nitrogens is 1. The standard InChI is InChI=1S/C21H22N2O6S/c1-4-27-8-7-23-14-10-16(25-2)17(26-3)11-19(14)30-21(23)22-20(24)13-5-6-15-18(9-13)29-12-28-15/h5-6,9-11H,4,7-8,12H2,1-3H3. The van der Waals surface area contributed by atoms with Gasteiger partial charge in [-0.2, -0.15) is 4.99 Å². The zero-order valence-electron chi connectivity index (χ0n) is 17.0. The van der Waals surface area contributed by atoms with Crippen LogP contribution >= 0.6 is 11.3 Å². The number of rotatable bonds is 7. The van der Waals surface area contributed by atoms with Crippen LogP contribution in [0.15, 0.2) is 35.3 Å². The highest BCUT2D eigenvalue weighted by Crippen LogP contribution is 2.34. The minimum atomic E-state index is -0.357. The summed E-state index contributed by atoms with van der Waals surface area (Å²) in [6.07, 6.45) is 0. The lowest BCUT2D eigenvalue weighted by molar-refractivity contribution is 0.0996. The Labute approximate surface area is 177 Å². The quantitative estimate of drug-likeness (QED) is 0.536. The summed E-state index contributed by atoms with van der Waals surface area (Å²) in [7, 11) is 3.18. The van der Waals surface area contributed by atoms with E-state index in [1.807, 2.05) is 23.6 Å². The van der Waals surface area contributed by atoms with Crippen molar-refractivity contribution in [2.24, 2.45) is 4.99 Å². The van der Waals surface area contributed by atoms with Gasteiger partial charge in [-0.05, 0) is 25.1 Å². The van der Waals surface area contributed by atoms with Crippen LogP contribution in [0.4, 0.5) is 0 Å². The summed E-state index contributed by atoms with van der Waals surface area (Å²) < 4.78 is 29.9. The zero-order chi connectivity index (χ0) is 21.1. The van der Waals surface area contributed by atoms with Crippen molar-refractivity contribution in [3.63, 3.8) is 0 Å². The highest BCUT2D eigenvalue weighted by Gasteiger charge is 2.17. The molecule has 0 bridgehead atoms. The molecule has 30 heavy (non-hydrogen) atoms. The number of amides is 1. The Kier molecular flexibility index (Phi) is 5.91. The lowest BCUT2D eigenvalue weighted by atomic mass is 10.2. The van der Waals surface area contributed by atoms with E-state index in [0.29, 0.717) is 53.1 Å². The summed E-state index contributed by atoms with van der Waals surface area (Å²) in [5, 5.41) is 0. The number of hydrogen-bond donors (Lipinski definition) is 0. The summed E-state index contributed by atoms with van der Waals surface area (Å²) in [4.78, 5) is 17.8. The first-order valence-electron chi connectivity index (χ1n) is 9.46. The van der Waals surface area contributed by atoms with Crippen molar-refractivity contribution in [2.75, 3.05) is 34.2 Å². The number of methoxy groups -OCH3 is 2. The van der Waals surface area contributed by atoms with Crippen LogP contribution in [-0.4, -0.2) is 44.7 Å². The molecule has 1 aliphatic rings. The van der Waals surface area contributed by atoms with Gasteiger partial charge in [-0.25, -0.2) is 0 Å². The minimum Gasteiger partial charge on any atom is -0.493 e. The van der Waals surface area contributed by atoms with Crippen molar-refractivity contribution in [1.82, 2.24) is 4.57 Å². The van der Waals surface area contributed by atoms with Gasteiger partial charge in [0.1, 0.15) is 0 Å². The fraction of sp³-hybridized carbons (Fsp3) is 0.333. The van der Waals surface area contributed by atoms with E-state index in [4.69, 9.17) is 23.7 Å². The van der Waals surface area contributed by atoms with Crippen molar-refractivity contribution in [3.8, 4) is 23.0 Å². The van der Waals surface area contributed by atoms with E-state index < -0.39 is 0 Å². The van der Waals surface area contributed by atoms with E-state index in [1.165, 1.54) is 11.3 Å². The second-order valence-electron chi connectivity index (χ2n) is 6.39. The molecule has 0 N–H and O–H groups in total. The van der Waals surface area contributed by atoms with Crippen LogP contribution in [-0.2, 0) is 11.3 Å². The molecular weight excluding hydrogens is 408 g/mol. The molecule has 0 saturated heterocycles. The Bertz CT molecular complexity index is 1150. The predicted molar refractivity (Wildman–Crippen MR) is 112 cm³/mol. The Morgan fingerprint density at radius 3 is 2.67 bits per heavy atom. The molecule has 0 spiro atoms. The maximum absolute atomic E-state index is 12.9. The number of carbonyl (C=O) groups excluding carboxylic acids is 1. The molecule has 0 saturated carbocycles. The van der Waals surface area contributed by atoms with E-state index in [-0.39, 0.29) is 12.7 Å². The first-order valence-corrected chi connectivity index (χ1v) is 10.3. The van der Waals surface area contributed by atoms with Gasteiger partial charge in [0.2, 0.25) is 6.79 Å². The van der Waals surface area contributed by atoms with Gasteiger partial charge in [0.25, 0.3) is 5.91 Å². The first-order chi connectivity index (χ1) is 14.6. The molecule has 0 fully saturated rings. The van der Waals surface area contributed by atoms with Gasteiger partial charge in [-0.3, -0.25) is 4.79 Å². The molecule has 9 heteroatoms. The van der Waals surface area contributed by atoms with Crippen LogP contribution < -0.4 is 23.7 Å². The van der Waals surface area contributed by atoms with Crippen molar-refractivity contribution < 1.29 is 28.5 Å². The maximum atomic E-state index is 12.9. The van der Waals surface area contributed by atoms with Gasteiger partial charge in [-0.15, -0.1) is 0 Å². The van der Waals surface area contributed by atoms with E-state index in [1.54, 1.807) is 32.4 Å². The fourth-order valence-electron chi connectivity index (χ4n) is 3.18. The molecule has 1 aliphatic heterocycles. The fourth-order valence-corrected chi connectivity index (χ4v) is 4.24. The van der Waals surface area contributed by atoms with Gasteiger partial charge in [0.05, 0.1) is 31.0 Å². The number of carbonyl (C=O) groups is 1. The number of benzene rings is 2. The normalized spacial score (nSPS) is 13.1. The van der Waals surface area contributed by atoms with Crippen molar-refractivity contribution in [1.29, 1.82) is 0 Å². The Balaban J connectivity index is 1.79. The molecule has 158 valence electrons. The molecular formula is C21H22N2O6S. The third-order valence-corrected chi connectivity index (χ3v) is 5.71. The lowest BCUT2D eigenvalue weighted by Gasteiger charge is -2.09. The van der Waals surface area contributed by atoms with Gasteiger partial charge < -0.3 is 28.3 Å². The molecule has 1 aromatic heterocycles. The molecule has 0 radical (unpaired) electrons. The average molecular weight is 430 g/mol. The maximum Gasteiger partial charge on any atom is 0.279 e. The monoisotopic (exact) mass is 430 g/mol. The van der Waals surface area contributed by atoms with Crippen LogP contribution in [0.5, 0.6) is 23.0 Å². The first kappa shape index (κ1) is 20.2. The number of hydrogen-bond acceptors (Lipinski definition) is 7. The second-order valence-corrected chi connectivity index (χ2v) is 7.40. The van der Waals surface area contributed by atoms with E-state index >= 15 is 0 Å². The SMILES string of the molecule is CCOCCn1c(=NC(=O)c2ccc3c(c2)OCO3)sc2cc(OC)c(OC)cc21. The molecule has 8 nitrogen and oxygen atoms in total. The van der Waals surface area contributed by atoms with Crippen LogP contribution in [0.1, 0.15) is 17.3 Å². The summed E-state index contributed by atoms with van der Waals surface area (Å²) >= 11 is 1.41. The summed E-state index contributed by atoms with van der Waals surface area (Å²) in [6, 6.07) is 8.83. The third kappa shape index (κ3) is 3.86. The average Bonchev–Trinajstić information content (AvgIpc) is 3.36. The molecule has 1 amide bonds. The van der Waals surface area contributed by atoms with Crippen LogP contribution in [0.2, 0.25) is 0 Å². The molecule has 0 unspecified atom stereocenters. The molecule has 0 aliphatic carbocycles. The third-order valence-electron chi connectivity index (χ3n) is 4.67. The van der Waals surface area contributed by atoms with Crippen LogP contribution in [0.25, 0.3) is 10.2 Å².